The van der Waals surface area contributed by atoms with Crippen LogP contribution in [-0.4, -0.2) is 37.3 Å². The molecule has 0 N–H and O–H groups in total. The van der Waals surface area contributed by atoms with Crippen LogP contribution in [0.4, 0.5) is 0 Å². The van der Waals surface area contributed by atoms with E-state index >= 15 is 0 Å². The zero-order valence-corrected chi connectivity index (χ0v) is 10.3. The maximum absolute atomic E-state index is 12.1. The summed E-state index contributed by atoms with van der Waals surface area (Å²) in [5.74, 6) is 0. The van der Waals surface area contributed by atoms with Gasteiger partial charge in [0.2, 0.25) is 0 Å². The van der Waals surface area contributed by atoms with Gasteiger partial charge in [0.25, 0.3) is 0 Å². The van der Waals surface area contributed by atoms with E-state index in [4.69, 9.17) is 4.74 Å². The van der Waals surface area contributed by atoms with Crippen molar-refractivity contribution >= 4 is 0 Å². The predicted molar refractivity (Wildman–Crippen MR) is 59.1 cm³/mol. The van der Waals surface area contributed by atoms with Crippen LogP contribution in [0.1, 0.15) is 17.2 Å². The van der Waals surface area contributed by atoms with Crippen LogP contribution in [0.15, 0.2) is 24.3 Å². The molecule has 1 heterocycles. The monoisotopic (exact) mass is 225 g/mol. The summed E-state index contributed by atoms with van der Waals surface area (Å²) in [6.07, 6.45) is 0.175. The van der Waals surface area contributed by atoms with Crippen molar-refractivity contribution in [1.82, 2.24) is 4.90 Å². The number of rotatable bonds is 1. The van der Waals surface area contributed by atoms with Crippen LogP contribution >= 0.6 is 0 Å². The first-order valence-electron chi connectivity index (χ1n) is 5.91. The molecule has 3 rings (SSSR count). The molecule has 86 valence electrons. The van der Waals surface area contributed by atoms with Crippen LogP contribution in [0.3, 0.4) is 0 Å². The molecule has 1 aromatic rings. The van der Waals surface area contributed by atoms with Crippen molar-refractivity contribution in [2.24, 2.45) is 0 Å². The first-order valence-corrected chi connectivity index (χ1v) is 5.91. The maximum atomic E-state index is 12.1. The Morgan fingerprint density at radius 3 is 2.65 bits per heavy atom. The molecule has 1 aliphatic carbocycles. The molecule has 4 heteroatoms. The molecule has 2 atom stereocenters. The molecule has 0 aromatic heterocycles. The van der Waals surface area contributed by atoms with Crippen molar-refractivity contribution < 1.29 is 28.7 Å². The Morgan fingerprint density at radius 2 is 1.88 bits per heavy atom. The molecular weight excluding hydrogens is 209 g/mol. The molecule has 0 radical (unpaired) electrons. The van der Waals surface area contributed by atoms with Crippen molar-refractivity contribution in [2.75, 3.05) is 26.3 Å². The zero-order chi connectivity index (χ0) is 11.0. The molecular formula is C13H16LiNO2. The first-order chi connectivity index (χ1) is 7.86. The van der Waals surface area contributed by atoms with Crippen LogP contribution in [-0.2, 0) is 11.2 Å². The Hall–Kier alpha value is -0.303. The van der Waals surface area contributed by atoms with Gasteiger partial charge in [0.15, 0.2) is 0 Å². The maximum Gasteiger partial charge on any atom is 1.00 e. The summed E-state index contributed by atoms with van der Waals surface area (Å²) in [6, 6.07) is 8.31. The molecule has 0 bridgehead atoms. The van der Waals surface area contributed by atoms with E-state index in [1.807, 2.05) is 12.1 Å². The third-order valence-electron chi connectivity index (χ3n) is 3.59. The molecule has 0 saturated carbocycles. The molecule has 3 nitrogen and oxygen atoms in total. The number of fused-ring (bicyclic) bond motifs is 1. The normalized spacial score (nSPS) is 28.5. The van der Waals surface area contributed by atoms with Gasteiger partial charge < -0.3 is 9.84 Å². The number of hydrogen-bond donors (Lipinski definition) is 0. The van der Waals surface area contributed by atoms with Crippen LogP contribution in [0, 0.1) is 0 Å². The molecule has 0 amide bonds. The zero-order valence-electron chi connectivity index (χ0n) is 10.3. The number of nitrogens with zero attached hydrogens (tertiary/aromatic N) is 1. The van der Waals surface area contributed by atoms with Gasteiger partial charge in [-0.3, -0.25) is 4.90 Å². The summed E-state index contributed by atoms with van der Waals surface area (Å²) in [7, 11) is 0. The molecule has 17 heavy (non-hydrogen) atoms. The van der Waals surface area contributed by atoms with E-state index in [9.17, 15) is 5.11 Å². The van der Waals surface area contributed by atoms with E-state index in [0.29, 0.717) is 6.42 Å². The van der Waals surface area contributed by atoms with E-state index in [1.165, 1.54) is 11.1 Å². The Bertz CT molecular complexity index is 379. The molecule has 0 unspecified atom stereocenters. The number of hydrogen-bond acceptors (Lipinski definition) is 3. The predicted octanol–water partition coefficient (Wildman–Crippen LogP) is -2.65. The summed E-state index contributed by atoms with van der Waals surface area (Å²) in [6.45, 7) is 3.28. The minimum atomic E-state index is -0.504. The molecule has 1 aromatic carbocycles. The van der Waals surface area contributed by atoms with Gasteiger partial charge in [-0.1, -0.05) is 24.3 Å². The molecule has 1 aliphatic heterocycles. The molecule has 1 fully saturated rings. The fourth-order valence-corrected chi connectivity index (χ4v) is 2.82. The van der Waals surface area contributed by atoms with Gasteiger partial charge in [-0.15, -0.1) is 6.10 Å². The quantitative estimate of drug-likeness (QED) is 0.490. The molecule has 1 saturated heterocycles. The Balaban J connectivity index is 0.00000108. The van der Waals surface area contributed by atoms with Gasteiger partial charge in [-0.05, 0) is 17.5 Å². The second kappa shape index (κ2) is 5.56. The van der Waals surface area contributed by atoms with Gasteiger partial charge in [0.05, 0.1) is 13.2 Å². The van der Waals surface area contributed by atoms with Gasteiger partial charge in [0.1, 0.15) is 0 Å². The van der Waals surface area contributed by atoms with Gasteiger partial charge in [-0.2, -0.15) is 0 Å². The average molecular weight is 225 g/mol. The average Bonchev–Trinajstić information content (AvgIpc) is 2.66. The van der Waals surface area contributed by atoms with Gasteiger partial charge in [-0.25, -0.2) is 0 Å². The van der Waals surface area contributed by atoms with Gasteiger partial charge in [0, 0.05) is 19.1 Å². The summed E-state index contributed by atoms with van der Waals surface area (Å²) >= 11 is 0. The topological polar surface area (TPSA) is 35.5 Å². The first kappa shape index (κ1) is 13.1. The second-order valence-electron chi connectivity index (χ2n) is 4.53. The van der Waals surface area contributed by atoms with Gasteiger partial charge >= 0.3 is 18.9 Å². The standard InChI is InChI=1S/C13H16NO2.Li/c15-12-9-10-3-1-2-4-11(10)13(12)14-5-7-16-8-6-14;/h1-4,12-13H,5-9H2;/q-1;+1/t12-,13+;/m0./s1. The van der Waals surface area contributed by atoms with Crippen molar-refractivity contribution in [1.29, 1.82) is 0 Å². The third kappa shape index (κ3) is 2.45. The van der Waals surface area contributed by atoms with E-state index in [-0.39, 0.29) is 24.9 Å². The van der Waals surface area contributed by atoms with Crippen LogP contribution < -0.4 is 24.0 Å². The summed E-state index contributed by atoms with van der Waals surface area (Å²) in [5, 5.41) is 12.1. The fraction of sp³-hybridized carbons (Fsp3) is 0.538. The summed E-state index contributed by atoms with van der Waals surface area (Å²) in [5.41, 5.74) is 2.48. The molecule has 0 spiro atoms. The third-order valence-corrected chi connectivity index (χ3v) is 3.59. The second-order valence-corrected chi connectivity index (χ2v) is 4.53. The Labute approximate surface area is 114 Å². The Morgan fingerprint density at radius 1 is 1.18 bits per heavy atom. The van der Waals surface area contributed by atoms with Crippen molar-refractivity contribution in [2.45, 2.75) is 18.6 Å². The van der Waals surface area contributed by atoms with Crippen LogP contribution in [0.5, 0.6) is 0 Å². The molecule has 2 aliphatic rings. The number of ether oxygens (including phenoxy) is 1. The summed E-state index contributed by atoms with van der Waals surface area (Å²) in [4.78, 5) is 2.28. The Kier molecular flexibility index (Phi) is 4.30. The SMILES string of the molecule is [Li+].[O-][C@H]1Cc2ccccc2[C@H]1N1CCOCC1. The van der Waals surface area contributed by atoms with E-state index in [2.05, 4.69) is 17.0 Å². The summed E-state index contributed by atoms with van der Waals surface area (Å²) < 4.78 is 5.34. The number of morpholine rings is 1. The van der Waals surface area contributed by atoms with E-state index in [1.54, 1.807) is 0 Å². The largest absolute Gasteiger partial charge is 1.00 e. The van der Waals surface area contributed by atoms with Crippen molar-refractivity contribution in [3.8, 4) is 0 Å². The minimum absolute atomic E-state index is 0. The number of benzene rings is 1. The van der Waals surface area contributed by atoms with E-state index in [0.717, 1.165) is 26.3 Å². The van der Waals surface area contributed by atoms with Crippen molar-refractivity contribution in [3.63, 3.8) is 0 Å². The van der Waals surface area contributed by atoms with E-state index < -0.39 is 6.10 Å². The van der Waals surface area contributed by atoms with Crippen LogP contribution in [0.25, 0.3) is 0 Å². The minimum Gasteiger partial charge on any atom is -0.850 e. The van der Waals surface area contributed by atoms with Crippen LogP contribution in [0.2, 0.25) is 0 Å². The smallest absolute Gasteiger partial charge is 0.850 e. The van der Waals surface area contributed by atoms with Crippen molar-refractivity contribution in [3.05, 3.63) is 35.4 Å². The fourth-order valence-electron chi connectivity index (χ4n) is 2.82.